The number of nitrogens with one attached hydrogen (secondary N) is 1. The van der Waals surface area contributed by atoms with E-state index in [2.05, 4.69) is 19.2 Å². The highest BCUT2D eigenvalue weighted by molar-refractivity contribution is 5.10. The Morgan fingerprint density at radius 3 is 2.44 bits per heavy atom. The summed E-state index contributed by atoms with van der Waals surface area (Å²) in [5, 5.41) is 3.81. The molecule has 1 aliphatic carbocycles. The zero-order valence-corrected chi connectivity index (χ0v) is 10.7. The van der Waals surface area contributed by atoms with E-state index < -0.39 is 0 Å². The van der Waals surface area contributed by atoms with Crippen LogP contribution in [0.3, 0.4) is 0 Å². The van der Waals surface area contributed by atoms with Crippen LogP contribution in [0.25, 0.3) is 0 Å². The minimum atomic E-state index is 0.348. The third-order valence-electron chi connectivity index (χ3n) is 4.77. The summed E-state index contributed by atoms with van der Waals surface area (Å²) in [4.78, 5) is 0. The van der Waals surface area contributed by atoms with Gasteiger partial charge in [0.05, 0.1) is 0 Å². The molecule has 3 nitrogen and oxygen atoms in total. The van der Waals surface area contributed by atoms with Crippen LogP contribution in [-0.2, 0) is 4.74 Å². The molecule has 1 saturated carbocycles. The quantitative estimate of drug-likeness (QED) is 0.766. The van der Waals surface area contributed by atoms with E-state index in [1.54, 1.807) is 0 Å². The lowest BCUT2D eigenvalue weighted by molar-refractivity contribution is -0.0739. The first-order valence-electron chi connectivity index (χ1n) is 6.82. The molecule has 1 heterocycles. The zero-order valence-electron chi connectivity index (χ0n) is 10.7. The molecule has 0 aromatic carbocycles. The van der Waals surface area contributed by atoms with E-state index >= 15 is 0 Å². The molecule has 2 atom stereocenters. The normalized spacial score (nSPS) is 33.0. The van der Waals surface area contributed by atoms with Crippen molar-refractivity contribution < 1.29 is 4.74 Å². The summed E-state index contributed by atoms with van der Waals surface area (Å²) in [5.74, 6) is 0. The fourth-order valence-corrected chi connectivity index (χ4v) is 3.33. The lowest BCUT2D eigenvalue weighted by Crippen LogP contribution is -2.69. The van der Waals surface area contributed by atoms with E-state index in [4.69, 9.17) is 10.5 Å². The second-order valence-corrected chi connectivity index (χ2v) is 5.42. The summed E-state index contributed by atoms with van der Waals surface area (Å²) in [6, 6.07) is 1.69. The smallest absolute Gasteiger partial charge is 0.0472 e. The van der Waals surface area contributed by atoms with Crippen molar-refractivity contribution in [1.82, 2.24) is 5.32 Å². The molecule has 0 amide bonds. The molecule has 0 radical (unpaired) electrons. The highest BCUT2D eigenvalue weighted by Gasteiger charge is 2.53. The molecule has 2 fully saturated rings. The molecule has 94 valence electrons. The van der Waals surface area contributed by atoms with E-state index in [9.17, 15) is 0 Å². The van der Waals surface area contributed by atoms with Crippen LogP contribution in [-0.4, -0.2) is 31.3 Å². The molecule has 0 aromatic heterocycles. The van der Waals surface area contributed by atoms with Crippen LogP contribution in [0.4, 0.5) is 0 Å². The Morgan fingerprint density at radius 1 is 1.31 bits per heavy atom. The molecule has 2 unspecified atom stereocenters. The van der Waals surface area contributed by atoms with Gasteiger partial charge < -0.3 is 15.8 Å². The van der Waals surface area contributed by atoms with Gasteiger partial charge in [-0.15, -0.1) is 0 Å². The fourth-order valence-electron chi connectivity index (χ4n) is 3.33. The molecular weight excluding hydrogens is 200 g/mol. The Kier molecular flexibility index (Phi) is 3.88. The molecule has 0 bridgehead atoms. The van der Waals surface area contributed by atoms with Crippen LogP contribution in [0.1, 0.15) is 46.0 Å². The number of rotatable bonds is 4. The number of hydrogen-bond acceptors (Lipinski definition) is 3. The Balaban J connectivity index is 1.95. The van der Waals surface area contributed by atoms with Crippen LogP contribution < -0.4 is 11.1 Å². The number of nitrogens with two attached hydrogens (primary N) is 1. The summed E-state index contributed by atoms with van der Waals surface area (Å²) in [5.41, 5.74) is 6.59. The second-order valence-electron chi connectivity index (χ2n) is 5.42. The van der Waals surface area contributed by atoms with Crippen molar-refractivity contribution >= 4 is 0 Å². The largest absolute Gasteiger partial charge is 0.381 e. The molecule has 16 heavy (non-hydrogen) atoms. The average Bonchev–Trinajstić information content (AvgIpc) is 2.35. The first kappa shape index (κ1) is 12.3. The lowest BCUT2D eigenvalue weighted by atomic mass is 9.56. The fraction of sp³-hybridized carbons (Fsp3) is 1.00. The SMILES string of the molecule is CCC(CC)NC1CC(N)C12CCOCC2. The van der Waals surface area contributed by atoms with Crippen LogP contribution >= 0.6 is 0 Å². The molecular formula is C13H26N2O. The summed E-state index contributed by atoms with van der Waals surface area (Å²) in [6.07, 6.45) is 5.87. The van der Waals surface area contributed by atoms with Gasteiger partial charge in [0.25, 0.3) is 0 Å². The van der Waals surface area contributed by atoms with Gasteiger partial charge in [-0.05, 0) is 32.1 Å². The van der Waals surface area contributed by atoms with Crippen LogP contribution in [0, 0.1) is 5.41 Å². The summed E-state index contributed by atoms with van der Waals surface area (Å²) < 4.78 is 5.47. The summed E-state index contributed by atoms with van der Waals surface area (Å²) in [7, 11) is 0. The van der Waals surface area contributed by atoms with Gasteiger partial charge in [-0.1, -0.05) is 13.8 Å². The van der Waals surface area contributed by atoms with Gasteiger partial charge in [0, 0.05) is 36.8 Å². The van der Waals surface area contributed by atoms with Crippen molar-refractivity contribution in [2.75, 3.05) is 13.2 Å². The maximum atomic E-state index is 6.24. The van der Waals surface area contributed by atoms with Gasteiger partial charge >= 0.3 is 0 Å². The maximum absolute atomic E-state index is 6.24. The Labute approximate surface area is 99.1 Å². The topological polar surface area (TPSA) is 47.3 Å². The molecule has 0 aromatic rings. The minimum Gasteiger partial charge on any atom is -0.381 e. The molecule has 3 heteroatoms. The van der Waals surface area contributed by atoms with Crippen molar-refractivity contribution in [3.8, 4) is 0 Å². The molecule has 1 spiro atoms. The summed E-state index contributed by atoms with van der Waals surface area (Å²) in [6.45, 7) is 6.32. The zero-order chi connectivity index (χ0) is 11.6. The molecule has 2 aliphatic rings. The van der Waals surface area contributed by atoms with E-state index in [-0.39, 0.29) is 0 Å². The lowest BCUT2D eigenvalue weighted by Gasteiger charge is -2.57. The van der Waals surface area contributed by atoms with E-state index in [0.717, 1.165) is 32.5 Å². The Hall–Kier alpha value is -0.120. The monoisotopic (exact) mass is 226 g/mol. The average molecular weight is 226 g/mol. The Bertz CT molecular complexity index is 222. The maximum Gasteiger partial charge on any atom is 0.0472 e. The minimum absolute atomic E-state index is 0.348. The predicted molar refractivity (Wildman–Crippen MR) is 66.4 cm³/mol. The summed E-state index contributed by atoms with van der Waals surface area (Å²) >= 11 is 0. The number of hydrogen-bond donors (Lipinski definition) is 2. The van der Waals surface area contributed by atoms with Crippen LogP contribution in [0.5, 0.6) is 0 Å². The predicted octanol–water partition coefficient (Wildman–Crippen LogP) is 1.66. The van der Waals surface area contributed by atoms with Gasteiger partial charge in [0.15, 0.2) is 0 Å². The van der Waals surface area contributed by atoms with E-state index in [1.807, 2.05) is 0 Å². The third-order valence-corrected chi connectivity index (χ3v) is 4.77. The van der Waals surface area contributed by atoms with Gasteiger partial charge in [-0.3, -0.25) is 0 Å². The van der Waals surface area contributed by atoms with Gasteiger partial charge in [0.2, 0.25) is 0 Å². The number of ether oxygens (including phenoxy) is 1. The molecule has 3 N–H and O–H groups in total. The van der Waals surface area contributed by atoms with Gasteiger partial charge in [-0.2, -0.15) is 0 Å². The molecule has 2 rings (SSSR count). The van der Waals surface area contributed by atoms with Gasteiger partial charge in [-0.25, -0.2) is 0 Å². The van der Waals surface area contributed by atoms with Gasteiger partial charge in [0.1, 0.15) is 0 Å². The first-order valence-corrected chi connectivity index (χ1v) is 6.82. The van der Waals surface area contributed by atoms with E-state index in [0.29, 0.717) is 23.5 Å². The standard InChI is InChI=1S/C13H26N2O/c1-3-10(4-2)15-12-9-11(14)13(12)5-7-16-8-6-13/h10-12,15H,3-9,14H2,1-2H3. The Morgan fingerprint density at radius 2 is 1.94 bits per heavy atom. The van der Waals surface area contributed by atoms with Crippen molar-refractivity contribution in [3.63, 3.8) is 0 Å². The third kappa shape index (κ3) is 2.01. The first-order chi connectivity index (χ1) is 7.73. The van der Waals surface area contributed by atoms with Crippen molar-refractivity contribution in [2.24, 2.45) is 11.1 Å². The van der Waals surface area contributed by atoms with Crippen molar-refractivity contribution in [1.29, 1.82) is 0 Å². The highest BCUT2D eigenvalue weighted by atomic mass is 16.5. The van der Waals surface area contributed by atoms with Crippen LogP contribution in [0.2, 0.25) is 0 Å². The van der Waals surface area contributed by atoms with E-state index in [1.165, 1.54) is 12.8 Å². The van der Waals surface area contributed by atoms with Crippen LogP contribution in [0.15, 0.2) is 0 Å². The molecule has 1 aliphatic heterocycles. The highest BCUT2D eigenvalue weighted by Crippen LogP contribution is 2.48. The van der Waals surface area contributed by atoms with Crippen molar-refractivity contribution in [2.45, 2.75) is 64.1 Å². The second kappa shape index (κ2) is 5.03. The van der Waals surface area contributed by atoms with Crippen molar-refractivity contribution in [3.05, 3.63) is 0 Å². The molecule has 1 saturated heterocycles.